The van der Waals surface area contributed by atoms with Gasteiger partial charge in [-0.2, -0.15) is 13.2 Å². The molecule has 1 aromatic rings. The largest absolute Gasteiger partial charge is 0.471 e. The Bertz CT molecular complexity index is 431. The highest BCUT2D eigenvalue weighted by molar-refractivity contribution is 6.00. The predicted octanol–water partition coefficient (Wildman–Crippen LogP) is 1.75. The van der Waals surface area contributed by atoms with Gasteiger partial charge in [-0.3, -0.25) is 14.5 Å². The van der Waals surface area contributed by atoms with Gasteiger partial charge in [-0.25, -0.2) is 0 Å². The van der Waals surface area contributed by atoms with Gasteiger partial charge in [-0.15, -0.1) is 0 Å². The van der Waals surface area contributed by atoms with Crippen molar-refractivity contribution in [2.75, 3.05) is 18.6 Å². The van der Waals surface area contributed by atoms with E-state index in [9.17, 15) is 22.8 Å². The molecule has 0 aromatic heterocycles. The fraction of sp³-hybridized carbons (Fsp3) is 0.273. The van der Waals surface area contributed by atoms with E-state index in [0.29, 0.717) is 4.90 Å². The molecule has 18 heavy (non-hydrogen) atoms. The number of alkyl halides is 3. The highest BCUT2D eigenvalue weighted by atomic mass is 19.4. The van der Waals surface area contributed by atoms with Crippen molar-refractivity contribution in [1.29, 1.82) is 0 Å². The average Bonchev–Trinajstić information content (AvgIpc) is 2.34. The van der Waals surface area contributed by atoms with Crippen LogP contribution in [0.15, 0.2) is 30.3 Å². The Morgan fingerprint density at radius 1 is 1.22 bits per heavy atom. The summed E-state index contributed by atoms with van der Waals surface area (Å²) in [5, 5.41) is 0. The van der Waals surface area contributed by atoms with Crippen LogP contribution in [0.4, 0.5) is 18.9 Å². The second kappa shape index (κ2) is 5.52. The van der Waals surface area contributed by atoms with Crippen LogP contribution in [0.25, 0.3) is 0 Å². The molecule has 4 nitrogen and oxygen atoms in total. The standard InChI is InChI=1S/C11H10F3NO3/c1-18-9(16)7-15(10(17)11(12,13)14)8-5-3-2-4-6-8/h2-6H,7H2,1H3. The normalized spacial score (nSPS) is 10.9. The van der Waals surface area contributed by atoms with Gasteiger partial charge in [0.05, 0.1) is 7.11 Å². The minimum absolute atomic E-state index is 0.0229. The maximum atomic E-state index is 12.4. The lowest BCUT2D eigenvalue weighted by atomic mass is 10.2. The number of halogens is 3. The maximum Gasteiger partial charge on any atom is 0.471 e. The maximum absolute atomic E-state index is 12.4. The Morgan fingerprint density at radius 2 is 1.78 bits per heavy atom. The summed E-state index contributed by atoms with van der Waals surface area (Å²) in [6.45, 7) is -0.793. The molecular weight excluding hydrogens is 251 g/mol. The molecule has 0 N–H and O–H groups in total. The van der Waals surface area contributed by atoms with Crippen LogP contribution in [0.5, 0.6) is 0 Å². The van der Waals surface area contributed by atoms with Crippen molar-refractivity contribution in [3.63, 3.8) is 0 Å². The molecule has 0 heterocycles. The number of methoxy groups -OCH3 is 1. The molecule has 0 spiro atoms. The molecule has 0 aliphatic carbocycles. The third-order valence-corrected chi connectivity index (χ3v) is 2.07. The third-order valence-electron chi connectivity index (χ3n) is 2.07. The molecule has 0 fully saturated rings. The second-order valence-corrected chi connectivity index (χ2v) is 3.30. The fourth-order valence-electron chi connectivity index (χ4n) is 1.23. The van der Waals surface area contributed by atoms with E-state index in [1.807, 2.05) is 0 Å². The van der Waals surface area contributed by atoms with Gasteiger partial charge in [0.25, 0.3) is 0 Å². The number of rotatable bonds is 3. The lowest BCUT2D eigenvalue weighted by molar-refractivity contribution is -0.171. The van der Waals surface area contributed by atoms with E-state index in [0.717, 1.165) is 7.11 Å². The molecule has 0 aliphatic heterocycles. The van der Waals surface area contributed by atoms with Crippen molar-refractivity contribution in [2.45, 2.75) is 6.18 Å². The highest BCUT2D eigenvalue weighted by Crippen LogP contribution is 2.23. The third kappa shape index (κ3) is 3.47. The lowest BCUT2D eigenvalue weighted by Gasteiger charge is -2.22. The summed E-state index contributed by atoms with van der Waals surface area (Å²) in [5.74, 6) is -3.05. The Morgan fingerprint density at radius 3 is 2.22 bits per heavy atom. The zero-order valence-corrected chi connectivity index (χ0v) is 9.40. The first-order valence-corrected chi connectivity index (χ1v) is 4.87. The summed E-state index contributed by atoms with van der Waals surface area (Å²) in [6, 6.07) is 7.10. The number of ether oxygens (including phenoxy) is 1. The van der Waals surface area contributed by atoms with Gasteiger partial charge in [-0.1, -0.05) is 18.2 Å². The van der Waals surface area contributed by atoms with Crippen LogP contribution in [0.3, 0.4) is 0 Å². The number of amides is 1. The Hall–Kier alpha value is -2.05. The van der Waals surface area contributed by atoms with Crippen molar-refractivity contribution in [2.24, 2.45) is 0 Å². The number of hydrogen-bond acceptors (Lipinski definition) is 3. The van der Waals surface area contributed by atoms with E-state index in [2.05, 4.69) is 4.74 Å². The van der Waals surface area contributed by atoms with Crippen molar-refractivity contribution < 1.29 is 27.5 Å². The van der Waals surface area contributed by atoms with Gasteiger partial charge in [0.2, 0.25) is 0 Å². The van der Waals surface area contributed by atoms with Crippen LogP contribution < -0.4 is 4.90 Å². The van der Waals surface area contributed by atoms with E-state index in [1.54, 1.807) is 6.07 Å². The Kier molecular flexibility index (Phi) is 4.30. The molecular formula is C11H10F3NO3. The van der Waals surface area contributed by atoms with Crippen LogP contribution in [0.2, 0.25) is 0 Å². The van der Waals surface area contributed by atoms with E-state index in [1.165, 1.54) is 24.3 Å². The zero-order chi connectivity index (χ0) is 13.8. The van der Waals surface area contributed by atoms with Crippen LogP contribution in [-0.2, 0) is 14.3 Å². The quantitative estimate of drug-likeness (QED) is 0.779. The number of carbonyl (C=O) groups is 2. The first kappa shape index (κ1) is 14.0. The van der Waals surface area contributed by atoms with Gasteiger partial charge in [0, 0.05) is 5.69 Å². The molecule has 0 saturated carbocycles. The molecule has 0 saturated heterocycles. The average molecular weight is 261 g/mol. The molecule has 0 radical (unpaired) electrons. The van der Waals surface area contributed by atoms with Crippen molar-refractivity contribution in [3.05, 3.63) is 30.3 Å². The molecule has 0 unspecified atom stereocenters. The van der Waals surface area contributed by atoms with E-state index >= 15 is 0 Å². The monoisotopic (exact) mass is 261 g/mol. The number of esters is 1. The molecule has 1 amide bonds. The summed E-state index contributed by atoms with van der Waals surface area (Å²) in [6.07, 6.45) is -5.05. The van der Waals surface area contributed by atoms with Crippen LogP contribution in [-0.4, -0.2) is 31.7 Å². The molecule has 98 valence electrons. The number of nitrogens with zero attached hydrogens (tertiary/aromatic N) is 1. The minimum atomic E-state index is -5.05. The summed E-state index contributed by atoms with van der Waals surface area (Å²) in [4.78, 5) is 22.6. The second-order valence-electron chi connectivity index (χ2n) is 3.30. The van der Waals surface area contributed by atoms with Gasteiger partial charge in [-0.05, 0) is 12.1 Å². The molecule has 0 aliphatic rings. The van der Waals surface area contributed by atoms with Crippen LogP contribution >= 0.6 is 0 Å². The Balaban J connectivity index is 3.04. The SMILES string of the molecule is COC(=O)CN(C(=O)C(F)(F)F)c1ccccc1. The number of benzene rings is 1. The molecule has 0 atom stereocenters. The molecule has 1 aromatic carbocycles. The number of para-hydroxylation sites is 1. The highest BCUT2D eigenvalue weighted by Gasteiger charge is 2.43. The molecule has 7 heteroatoms. The summed E-state index contributed by atoms with van der Waals surface area (Å²) >= 11 is 0. The summed E-state index contributed by atoms with van der Waals surface area (Å²) in [5.41, 5.74) is -0.0229. The summed E-state index contributed by atoms with van der Waals surface area (Å²) in [7, 11) is 1.03. The first-order chi connectivity index (χ1) is 8.36. The topological polar surface area (TPSA) is 46.6 Å². The van der Waals surface area contributed by atoms with Crippen LogP contribution in [0, 0.1) is 0 Å². The van der Waals surface area contributed by atoms with Gasteiger partial charge < -0.3 is 4.74 Å². The molecule has 1 rings (SSSR count). The number of anilines is 1. The van der Waals surface area contributed by atoms with E-state index < -0.39 is 24.6 Å². The van der Waals surface area contributed by atoms with Crippen molar-refractivity contribution in [3.8, 4) is 0 Å². The predicted molar refractivity (Wildman–Crippen MR) is 56.9 cm³/mol. The van der Waals surface area contributed by atoms with E-state index in [-0.39, 0.29) is 5.69 Å². The number of carbonyl (C=O) groups excluding carboxylic acids is 2. The molecule has 0 bridgehead atoms. The van der Waals surface area contributed by atoms with Gasteiger partial charge in [0.1, 0.15) is 6.54 Å². The van der Waals surface area contributed by atoms with Crippen LogP contribution in [0.1, 0.15) is 0 Å². The van der Waals surface area contributed by atoms with Crippen molar-refractivity contribution >= 4 is 17.6 Å². The smallest absolute Gasteiger partial charge is 0.468 e. The van der Waals surface area contributed by atoms with Gasteiger partial charge >= 0.3 is 18.1 Å². The van der Waals surface area contributed by atoms with Gasteiger partial charge in [0.15, 0.2) is 0 Å². The summed E-state index contributed by atoms with van der Waals surface area (Å²) < 4.78 is 41.5. The lowest BCUT2D eigenvalue weighted by Crippen LogP contribution is -2.44. The zero-order valence-electron chi connectivity index (χ0n) is 9.40. The minimum Gasteiger partial charge on any atom is -0.468 e. The fourth-order valence-corrected chi connectivity index (χ4v) is 1.23. The Labute approximate surface area is 101 Å². The first-order valence-electron chi connectivity index (χ1n) is 4.87. The van der Waals surface area contributed by atoms with E-state index in [4.69, 9.17) is 0 Å². The van der Waals surface area contributed by atoms with Crippen molar-refractivity contribution in [1.82, 2.24) is 0 Å². The number of hydrogen-bond donors (Lipinski definition) is 0.